The van der Waals surface area contributed by atoms with Gasteiger partial charge in [-0.15, -0.1) is 0 Å². The largest absolute Gasteiger partial charge is 0.444 e. The number of ether oxygens (including phenoxy) is 1. The lowest BCUT2D eigenvalue weighted by Gasteiger charge is -2.28. The number of carbonyl (C=O) groups is 1. The van der Waals surface area contributed by atoms with Crippen LogP contribution in [0.5, 0.6) is 0 Å². The number of nitrogens with one attached hydrogen (secondary N) is 2. The average Bonchev–Trinajstić information content (AvgIpc) is 2.59. The van der Waals surface area contributed by atoms with Crippen molar-refractivity contribution in [3.63, 3.8) is 0 Å². The zero-order valence-corrected chi connectivity index (χ0v) is 18.0. The Balaban J connectivity index is 2.56. The molecule has 0 spiro atoms. The summed E-state index contributed by atoms with van der Waals surface area (Å²) in [5, 5.41) is 27.1. The number of benzene rings is 1. The van der Waals surface area contributed by atoms with Crippen molar-refractivity contribution in [3.05, 3.63) is 29.8 Å². The first-order valence-corrected chi connectivity index (χ1v) is 10.3. The maximum atomic E-state index is 11.7. The van der Waals surface area contributed by atoms with Crippen molar-refractivity contribution in [3.8, 4) is 0 Å². The van der Waals surface area contributed by atoms with Crippen LogP contribution in [0.25, 0.3) is 0 Å². The monoisotopic (exact) mass is 394 g/mol. The van der Waals surface area contributed by atoms with Crippen LogP contribution in [0, 0.1) is 0 Å². The first-order chi connectivity index (χ1) is 13.1. The highest BCUT2D eigenvalue weighted by Crippen LogP contribution is 2.23. The van der Waals surface area contributed by atoms with Crippen LogP contribution in [0.2, 0.25) is 0 Å². The third-order valence-corrected chi connectivity index (χ3v) is 4.41. The molecule has 0 aliphatic carbocycles. The summed E-state index contributed by atoms with van der Waals surface area (Å²) < 4.78 is 5.18. The number of anilines is 1. The zero-order chi connectivity index (χ0) is 21.2. The molecule has 4 N–H and O–H groups in total. The maximum Gasteiger partial charge on any atom is 0.407 e. The molecule has 0 radical (unpaired) electrons. The highest BCUT2D eigenvalue weighted by Gasteiger charge is 2.24. The molecule has 1 aromatic carbocycles. The Morgan fingerprint density at radius 2 is 1.82 bits per heavy atom. The van der Waals surface area contributed by atoms with E-state index in [0.717, 1.165) is 36.9 Å². The lowest BCUT2D eigenvalue weighted by molar-refractivity contribution is 0.0343. The van der Waals surface area contributed by atoms with Crippen LogP contribution < -0.4 is 10.6 Å². The van der Waals surface area contributed by atoms with E-state index in [0.29, 0.717) is 19.5 Å². The van der Waals surface area contributed by atoms with E-state index in [1.807, 2.05) is 45.0 Å². The van der Waals surface area contributed by atoms with Crippen LogP contribution >= 0.6 is 0 Å². The van der Waals surface area contributed by atoms with Gasteiger partial charge in [-0.05, 0) is 57.7 Å². The maximum absolute atomic E-state index is 11.7. The van der Waals surface area contributed by atoms with E-state index in [4.69, 9.17) is 4.74 Å². The number of aliphatic hydroxyl groups excluding tert-OH is 1. The molecular weight excluding hydrogens is 356 g/mol. The molecule has 0 aliphatic rings. The van der Waals surface area contributed by atoms with Gasteiger partial charge in [0.15, 0.2) is 0 Å². The van der Waals surface area contributed by atoms with Crippen LogP contribution in [-0.2, 0) is 4.74 Å². The average molecular weight is 395 g/mol. The van der Waals surface area contributed by atoms with Gasteiger partial charge >= 0.3 is 6.09 Å². The topological polar surface area (TPSA) is 90.8 Å². The Hall–Kier alpha value is -1.79. The Kier molecular flexibility index (Phi) is 9.76. The van der Waals surface area contributed by atoms with Crippen LogP contribution in [0.4, 0.5) is 10.5 Å². The molecular formula is C22H38N2O4. The van der Waals surface area contributed by atoms with E-state index in [2.05, 4.69) is 24.5 Å². The number of carbonyl (C=O) groups excluding carboxylic acids is 1. The minimum atomic E-state index is -0.713. The summed E-state index contributed by atoms with van der Waals surface area (Å²) in [6.07, 6.45) is 2.59. The standard InChI is InChI=1S/C22H38N2O4/c1-6-12-22(27,13-7-2)16-24-18-10-8-9-17(15-18)19(25)11-14-23-20(26)28-21(3,4)5/h8-10,15,19,24-25,27H,6-7,11-14,16H2,1-5H3,(H,23,26). The van der Waals surface area contributed by atoms with Crippen molar-refractivity contribution in [1.82, 2.24) is 5.32 Å². The first kappa shape index (κ1) is 24.2. The molecule has 160 valence electrons. The molecule has 0 aliphatic heterocycles. The lowest BCUT2D eigenvalue weighted by Crippen LogP contribution is -2.36. The zero-order valence-electron chi connectivity index (χ0n) is 18.0. The Labute approximate surface area is 169 Å². The van der Waals surface area contributed by atoms with E-state index >= 15 is 0 Å². The molecule has 1 aromatic rings. The van der Waals surface area contributed by atoms with Gasteiger partial charge in [-0.2, -0.15) is 0 Å². The van der Waals surface area contributed by atoms with Crippen molar-refractivity contribution < 1.29 is 19.7 Å². The van der Waals surface area contributed by atoms with Crippen molar-refractivity contribution in [2.24, 2.45) is 0 Å². The van der Waals surface area contributed by atoms with Gasteiger partial charge in [-0.1, -0.05) is 38.8 Å². The fourth-order valence-corrected chi connectivity index (χ4v) is 3.15. The molecule has 6 nitrogen and oxygen atoms in total. The van der Waals surface area contributed by atoms with Gasteiger partial charge in [0.05, 0.1) is 11.7 Å². The van der Waals surface area contributed by atoms with Crippen LogP contribution in [-0.4, -0.2) is 40.6 Å². The number of hydrogen-bond acceptors (Lipinski definition) is 5. The van der Waals surface area contributed by atoms with Gasteiger partial charge < -0.3 is 25.6 Å². The molecule has 0 saturated carbocycles. The Morgan fingerprint density at radius 1 is 1.18 bits per heavy atom. The van der Waals surface area contributed by atoms with Gasteiger partial charge in [0.25, 0.3) is 0 Å². The van der Waals surface area contributed by atoms with E-state index in [1.54, 1.807) is 0 Å². The fourth-order valence-electron chi connectivity index (χ4n) is 3.15. The van der Waals surface area contributed by atoms with Gasteiger partial charge in [-0.3, -0.25) is 0 Å². The molecule has 6 heteroatoms. The summed E-state index contributed by atoms with van der Waals surface area (Å²) in [6, 6.07) is 7.54. The Morgan fingerprint density at radius 3 is 2.39 bits per heavy atom. The van der Waals surface area contributed by atoms with Crippen molar-refractivity contribution in [2.45, 2.75) is 84.0 Å². The Bertz CT molecular complexity index is 592. The highest BCUT2D eigenvalue weighted by molar-refractivity contribution is 5.67. The highest BCUT2D eigenvalue weighted by atomic mass is 16.6. The minimum Gasteiger partial charge on any atom is -0.444 e. The summed E-state index contributed by atoms with van der Waals surface area (Å²) in [6.45, 7) is 10.4. The smallest absolute Gasteiger partial charge is 0.407 e. The number of aliphatic hydroxyl groups is 2. The van der Waals surface area contributed by atoms with Crippen molar-refractivity contribution in [1.29, 1.82) is 0 Å². The molecule has 1 amide bonds. The van der Waals surface area contributed by atoms with Crippen LogP contribution in [0.1, 0.15) is 78.4 Å². The molecule has 1 unspecified atom stereocenters. The molecule has 0 aromatic heterocycles. The molecule has 0 saturated heterocycles. The molecule has 0 heterocycles. The van der Waals surface area contributed by atoms with Gasteiger partial charge in [0.1, 0.15) is 5.60 Å². The number of hydrogen-bond donors (Lipinski definition) is 4. The molecule has 1 atom stereocenters. The van der Waals surface area contributed by atoms with E-state index < -0.39 is 23.4 Å². The second-order valence-electron chi connectivity index (χ2n) is 8.44. The number of alkyl carbamates (subject to hydrolysis) is 1. The van der Waals surface area contributed by atoms with Crippen molar-refractivity contribution in [2.75, 3.05) is 18.4 Å². The predicted octanol–water partition coefficient (Wildman–Crippen LogP) is 4.38. The molecule has 0 bridgehead atoms. The SMILES string of the molecule is CCCC(O)(CCC)CNc1cccc(C(O)CCNC(=O)OC(C)(C)C)c1. The molecule has 1 rings (SSSR count). The number of amides is 1. The van der Waals surface area contributed by atoms with Gasteiger partial charge in [0.2, 0.25) is 0 Å². The summed E-state index contributed by atoms with van der Waals surface area (Å²) >= 11 is 0. The van der Waals surface area contributed by atoms with Gasteiger partial charge in [-0.25, -0.2) is 4.79 Å². The summed E-state index contributed by atoms with van der Waals surface area (Å²) in [7, 11) is 0. The summed E-state index contributed by atoms with van der Waals surface area (Å²) in [5.74, 6) is 0. The number of rotatable bonds is 11. The second kappa shape index (κ2) is 11.3. The van der Waals surface area contributed by atoms with Crippen LogP contribution in [0.3, 0.4) is 0 Å². The van der Waals surface area contributed by atoms with Crippen molar-refractivity contribution >= 4 is 11.8 Å². The van der Waals surface area contributed by atoms with Crippen LogP contribution in [0.15, 0.2) is 24.3 Å². The quantitative estimate of drug-likeness (QED) is 0.447. The normalized spacial score (nSPS) is 13.1. The minimum absolute atomic E-state index is 0.320. The predicted molar refractivity (Wildman–Crippen MR) is 114 cm³/mol. The third kappa shape index (κ3) is 9.42. The molecule has 28 heavy (non-hydrogen) atoms. The van der Waals surface area contributed by atoms with E-state index in [-0.39, 0.29) is 0 Å². The van der Waals surface area contributed by atoms with E-state index in [9.17, 15) is 15.0 Å². The lowest BCUT2D eigenvalue weighted by atomic mass is 9.92. The van der Waals surface area contributed by atoms with Gasteiger partial charge in [0, 0.05) is 18.8 Å². The second-order valence-corrected chi connectivity index (χ2v) is 8.44. The summed E-state index contributed by atoms with van der Waals surface area (Å²) in [4.78, 5) is 11.7. The third-order valence-electron chi connectivity index (χ3n) is 4.41. The van der Waals surface area contributed by atoms with E-state index in [1.165, 1.54) is 0 Å². The summed E-state index contributed by atoms with van der Waals surface area (Å²) in [5.41, 5.74) is 0.378. The first-order valence-electron chi connectivity index (χ1n) is 10.3. The fraction of sp³-hybridized carbons (Fsp3) is 0.682. The molecule has 0 fully saturated rings.